The first-order chi connectivity index (χ1) is 8.19. The molecule has 1 aromatic rings. The maximum Gasteiger partial charge on any atom is 0.324 e. The molecule has 7 heteroatoms. The Morgan fingerprint density at radius 1 is 1.24 bits per heavy atom. The Labute approximate surface area is 101 Å². The number of nitrogen functional groups attached to an aromatic ring is 1. The van der Waals surface area contributed by atoms with Crippen LogP contribution in [-0.2, 0) is 0 Å². The van der Waals surface area contributed by atoms with Crippen LogP contribution in [0.15, 0.2) is 0 Å². The molecule has 0 radical (unpaired) electrons. The molecule has 1 unspecified atom stereocenters. The summed E-state index contributed by atoms with van der Waals surface area (Å²) in [4.78, 5) is 12.0. The van der Waals surface area contributed by atoms with Gasteiger partial charge in [-0.2, -0.15) is 9.97 Å². The number of anilines is 1. The first-order valence-corrected chi connectivity index (χ1v) is 5.71. The molecule has 0 aromatic carbocycles. The molecule has 17 heavy (non-hydrogen) atoms. The van der Waals surface area contributed by atoms with Crippen molar-refractivity contribution in [3.63, 3.8) is 0 Å². The van der Waals surface area contributed by atoms with Gasteiger partial charge in [0.25, 0.3) is 0 Å². The standard InChI is InChI=1S/C10H19N5O2/c1-4-6-16-9-12-8(15-11)13-10(14-9)17-7(3)5-2/h7H,4-6,11H2,1-3H3,(H,12,13,14,15). The molecule has 0 fully saturated rings. The largest absolute Gasteiger partial charge is 0.463 e. The van der Waals surface area contributed by atoms with E-state index < -0.39 is 0 Å². The Bertz CT molecular complexity index is 347. The van der Waals surface area contributed by atoms with Gasteiger partial charge in [-0.15, -0.1) is 4.98 Å². The molecule has 0 aliphatic rings. The minimum Gasteiger partial charge on any atom is -0.463 e. The second-order valence-electron chi connectivity index (χ2n) is 3.55. The smallest absolute Gasteiger partial charge is 0.324 e. The molecule has 0 amide bonds. The van der Waals surface area contributed by atoms with E-state index >= 15 is 0 Å². The minimum absolute atomic E-state index is 0.0297. The monoisotopic (exact) mass is 241 g/mol. The van der Waals surface area contributed by atoms with Gasteiger partial charge in [-0.1, -0.05) is 13.8 Å². The van der Waals surface area contributed by atoms with Gasteiger partial charge in [-0.05, 0) is 19.8 Å². The quantitative estimate of drug-likeness (QED) is 0.545. The van der Waals surface area contributed by atoms with Gasteiger partial charge in [-0.25, -0.2) is 5.84 Å². The van der Waals surface area contributed by atoms with Crippen molar-refractivity contribution < 1.29 is 9.47 Å². The maximum atomic E-state index is 5.49. The molecule has 1 rings (SSSR count). The number of nitrogens with one attached hydrogen (secondary N) is 1. The van der Waals surface area contributed by atoms with Crippen LogP contribution in [-0.4, -0.2) is 27.7 Å². The average Bonchev–Trinajstić information content (AvgIpc) is 2.35. The highest BCUT2D eigenvalue weighted by Gasteiger charge is 2.10. The van der Waals surface area contributed by atoms with Crippen LogP contribution in [0, 0.1) is 0 Å². The summed E-state index contributed by atoms with van der Waals surface area (Å²) in [6.45, 7) is 6.49. The highest BCUT2D eigenvalue weighted by Crippen LogP contribution is 2.14. The Balaban J connectivity index is 2.80. The third-order valence-electron chi connectivity index (χ3n) is 2.04. The molecule has 0 saturated carbocycles. The van der Waals surface area contributed by atoms with E-state index in [1.807, 2.05) is 20.8 Å². The second kappa shape index (κ2) is 6.85. The summed E-state index contributed by atoms with van der Waals surface area (Å²) in [5.41, 5.74) is 2.35. The predicted octanol–water partition coefficient (Wildman–Crippen LogP) is 1.12. The number of nitrogens with two attached hydrogens (primary N) is 1. The lowest BCUT2D eigenvalue weighted by Crippen LogP contribution is -2.16. The van der Waals surface area contributed by atoms with E-state index in [4.69, 9.17) is 15.3 Å². The average molecular weight is 241 g/mol. The SMILES string of the molecule is CCCOc1nc(NN)nc(OC(C)CC)n1. The highest BCUT2D eigenvalue weighted by molar-refractivity contribution is 5.25. The summed E-state index contributed by atoms with van der Waals surface area (Å²) >= 11 is 0. The van der Waals surface area contributed by atoms with Crippen molar-refractivity contribution in [1.82, 2.24) is 15.0 Å². The number of hydrogen-bond acceptors (Lipinski definition) is 7. The fourth-order valence-corrected chi connectivity index (χ4v) is 0.976. The number of hydrazine groups is 1. The van der Waals surface area contributed by atoms with E-state index in [9.17, 15) is 0 Å². The van der Waals surface area contributed by atoms with Crippen molar-refractivity contribution in [3.8, 4) is 12.0 Å². The van der Waals surface area contributed by atoms with Crippen LogP contribution in [0.3, 0.4) is 0 Å². The van der Waals surface area contributed by atoms with E-state index in [2.05, 4.69) is 20.4 Å². The van der Waals surface area contributed by atoms with E-state index in [0.29, 0.717) is 6.61 Å². The van der Waals surface area contributed by atoms with Gasteiger partial charge in [-0.3, -0.25) is 5.43 Å². The van der Waals surface area contributed by atoms with Crippen molar-refractivity contribution in [1.29, 1.82) is 0 Å². The molecule has 0 saturated heterocycles. The Hall–Kier alpha value is -1.63. The molecule has 1 heterocycles. The van der Waals surface area contributed by atoms with Crippen LogP contribution < -0.4 is 20.7 Å². The van der Waals surface area contributed by atoms with Crippen LogP contribution in [0.5, 0.6) is 12.0 Å². The van der Waals surface area contributed by atoms with E-state index in [1.54, 1.807) is 0 Å². The van der Waals surface area contributed by atoms with Crippen molar-refractivity contribution in [2.75, 3.05) is 12.0 Å². The van der Waals surface area contributed by atoms with Crippen LogP contribution in [0.1, 0.15) is 33.6 Å². The third kappa shape index (κ3) is 4.39. The lowest BCUT2D eigenvalue weighted by Gasteiger charge is -2.12. The van der Waals surface area contributed by atoms with Crippen LogP contribution >= 0.6 is 0 Å². The van der Waals surface area contributed by atoms with Gasteiger partial charge >= 0.3 is 12.0 Å². The molecular formula is C10H19N5O2. The predicted molar refractivity (Wildman–Crippen MR) is 63.8 cm³/mol. The van der Waals surface area contributed by atoms with Crippen LogP contribution in [0.4, 0.5) is 5.95 Å². The fraction of sp³-hybridized carbons (Fsp3) is 0.700. The Morgan fingerprint density at radius 3 is 2.53 bits per heavy atom. The molecular weight excluding hydrogens is 222 g/mol. The van der Waals surface area contributed by atoms with E-state index in [0.717, 1.165) is 12.8 Å². The van der Waals surface area contributed by atoms with Crippen LogP contribution in [0.25, 0.3) is 0 Å². The molecule has 7 nitrogen and oxygen atoms in total. The van der Waals surface area contributed by atoms with Crippen molar-refractivity contribution >= 4 is 5.95 Å². The topological polar surface area (TPSA) is 95.2 Å². The van der Waals surface area contributed by atoms with E-state index in [-0.39, 0.29) is 24.1 Å². The molecule has 96 valence electrons. The minimum atomic E-state index is 0.0297. The number of aromatic nitrogens is 3. The summed E-state index contributed by atoms with van der Waals surface area (Å²) in [5, 5.41) is 0. The van der Waals surface area contributed by atoms with Gasteiger partial charge in [0.05, 0.1) is 12.7 Å². The summed E-state index contributed by atoms with van der Waals surface area (Å²) in [6.07, 6.45) is 1.77. The fourth-order valence-electron chi connectivity index (χ4n) is 0.976. The molecule has 0 aliphatic carbocycles. The van der Waals surface area contributed by atoms with Crippen molar-refractivity contribution in [2.45, 2.75) is 39.7 Å². The zero-order valence-corrected chi connectivity index (χ0v) is 10.4. The summed E-state index contributed by atoms with van der Waals surface area (Å²) in [6, 6.07) is 0.432. The summed E-state index contributed by atoms with van der Waals surface area (Å²) in [5.74, 6) is 5.49. The normalized spacial score (nSPS) is 12.0. The number of hydrogen-bond donors (Lipinski definition) is 2. The maximum absolute atomic E-state index is 5.49. The summed E-state index contributed by atoms with van der Waals surface area (Å²) < 4.78 is 10.8. The molecule has 3 N–H and O–H groups in total. The van der Waals surface area contributed by atoms with E-state index in [1.165, 1.54) is 0 Å². The molecule has 0 spiro atoms. The highest BCUT2D eigenvalue weighted by atomic mass is 16.5. The van der Waals surface area contributed by atoms with Gasteiger partial charge in [0, 0.05) is 0 Å². The van der Waals surface area contributed by atoms with Crippen molar-refractivity contribution in [2.24, 2.45) is 5.84 Å². The zero-order valence-electron chi connectivity index (χ0n) is 10.4. The third-order valence-corrected chi connectivity index (χ3v) is 2.04. The van der Waals surface area contributed by atoms with Gasteiger partial charge in [0.15, 0.2) is 0 Å². The Kier molecular flexibility index (Phi) is 5.41. The second-order valence-corrected chi connectivity index (χ2v) is 3.55. The zero-order chi connectivity index (χ0) is 12.7. The van der Waals surface area contributed by atoms with Gasteiger partial charge < -0.3 is 9.47 Å². The number of rotatable bonds is 7. The molecule has 0 bridgehead atoms. The van der Waals surface area contributed by atoms with Crippen molar-refractivity contribution in [3.05, 3.63) is 0 Å². The Morgan fingerprint density at radius 2 is 1.94 bits per heavy atom. The number of ether oxygens (including phenoxy) is 2. The molecule has 0 aliphatic heterocycles. The van der Waals surface area contributed by atoms with Gasteiger partial charge in [0.2, 0.25) is 5.95 Å². The lowest BCUT2D eigenvalue weighted by molar-refractivity contribution is 0.193. The first kappa shape index (κ1) is 13.4. The first-order valence-electron chi connectivity index (χ1n) is 5.71. The summed E-state index contributed by atoms with van der Waals surface area (Å²) in [7, 11) is 0. The lowest BCUT2D eigenvalue weighted by atomic mass is 10.3. The van der Waals surface area contributed by atoms with Crippen LogP contribution in [0.2, 0.25) is 0 Å². The van der Waals surface area contributed by atoms with Gasteiger partial charge in [0.1, 0.15) is 0 Å². The number of nitrogens with zero attached hydrogens (tertiary/aromatic N) is 3. The molecule has 1 aromatic heterocycles. The molecule has 1 atom stereocenters.